The molecule has 1 aromatic rings. The van der Waals surface area contributed by atoms with Crippen LogP contribution < -0.4 is 10.6 Å². The average Bonchev–Trinajstić information content (AvgIpc) is 2.74. The van der Waals surface area contributed by atoms with Gasteiger partial charge in [-0.25, -0.2) is 19.3 Å². The highest BCUT2D eigenvalue weighted by Crippen LogP contribution is 2.24. The van der Waals surface area contributed by atoms with E-state index < -0.39 is 18.2 Å². The highest BCUT2D eigenvalue weighted by Gasteiger charge is 2.34. The molecule has 19 heavy (non-hydrogen) atoms. The number of nitrogens with zero attached hydrogens (tertiary/aromatic N) is 1. The lowest BCUT2D eigenvalue weighted by Gasteiger charge is -2.33. The van der Waals surface area contributed by atoms with Crippen LogP contribution >= 0.6 is 11.3 Å². The second-order valence-electron chi connectivity index (χ2n) is 4.10. The van der Waals surface area contributed by atoms with Crippen LogP contribution in [0.2, 0.25) is 0 Å². The average molecular weight is 283 g/mol. The smallest absolute Gasteiger partial charge is 0.415 e. The van der Waals surface area contributed by atoms with Crippen molar-refractivity contribution in [2.24, 2.45) is 0 Å². The molecule has 0 atom stereocenters. The van der Waals surface area contributed by atoms with Crippen molar-refractivity contribution in [1.29, 1.82) is 0 Å². The predicted molar refractivity (Wildman–Crippen MR) is 69.4 cm³/mol. The number of rotatable bonds is 2. The molecule has 0 bridgehead atoms. The molecule has 2 rings (SSSR count). The van der Waals surface area contributed by atoms with Crippen LogP contribution in [0, 0.1) is 0 Å². The quantitative estimate of drug-likeness (QED) is 0.776. The third-order valence-corrected chi connectivity index (χ3v) is 3.63. The Kier molecular flexibility index (Phi) is 4.00. The minimum absolute atomic E-state index is 0.327. The van der Waals surface area contributed by atoms with Crippen LogP contribution in [-0.2, 0) is 0 Å². The fourth-order valence-corrected chi connectivity index (χ4v) is 2.32. The van der Waals surface area contributed by atoms with Crippen LogP contribution in [0.3, 0.4) is 0 Å². The zero-order valence-electron chi connectivity index (χ0n) is 9.96. The maximum atomic E-state index is 11.7. The summed E-state index contributed by atoms with van der Waals surface area (Å²) in [4.78, 5) is 34.9. The summed E-state index contributed by atoms with van der Waals surface area (Å²) >= 11 is 1.30. The molecule has 0 radical (unpaired) electrons. The zero-order chi connectivity index (χ0) is 13.8. The van der Waals surface area contributed by atoms with Gasteiger partial charge < -0.3 is 5.11 Å². The molecule has 1 fully saturated rings. The number of nitrogens with one attached hydrogen (secondary N) is 2. The minimum atomic E-state index is -1.34. The molecule has 102 valence electrons. The lowest BCUT2D eigenvalue weighted by molar-refractivity contribution is 0.112. The number of urea groups is 2. The van der Waals surface area contributed by atoms with E-state index in [0.717, 1.165) is 6.42 Å². The van der Waals surface area contributed by atoms with E-state index in [1.165, 1.54) is 11.3 Å². The Morgan fingerprint density at radius 2 is 2.11 bits per heavy atom. The molecule has 0 spiro atoms. The molecule has 1 saturated carbocycles. The fourth-order valence-electron chi connectivity index (χ4n) is 1.70. The van der Waals surface area contributed by atoms with Crippen molar-refractivity contribution in [1.82, 2.24) is 10.2 Å². The molecule has 5 amide bonds. The first-order valence-electron chi connectivity index (χ1n) is 5.75. The van der Waals surface area contributed by atoms with E-state index >= 15 is 0 Å². The van der Waals surface area contributed by atoms with Crippen molar-refractivity contribution in [3.63, 3.8) is 0 Å². The summed E-state index contributed by atoms with van der Waals surface area (Å²) in [5.41, 5.74) is 0. The number of anilines is 1. The predicted octanol–water partition coefficient (Wildman–Crippen LogP) is 2.52. The summed E-state index contributed by atoms with van der Waals surface area (Å²) in [6.45, 7) is 0. The van der Waals surface area contributed by atoms with Crippen LogP contribution in [-0.4, -0.2) is 34.2 Å². The van der Waals surface area contributed by atoms with Crippen LogP contribution in [0.5, 0.6) is 0 Å². The van der Waals surface area contributed by atoms with Gasteiger partial charge in [0.15, 0.2) is 0 Å². The minimum Gasteiger partial charge on any atom is -0.465 e. The molecule has 0 saturated heterocycles. The lowest BCUT2D eigenvalue weighted by atomic mass is 9.92. The first kappa shape index (κ1) is 13.3. The highest BCUT2D eigenvalue weighted by atomic mass is 32.1. The van der Waals surface area contributed by atoms with Crippen molar-refractivity contribution < 1.29 is 19.5 Å². The number of hydrogen-bond acceptors (Lipinski definition) is 4. The molecule has 0 unspecified atom stereocenters. The van der Waals surface area contributed by atoms with Gasteiger partial charge in [-0.2, -0.15) is 0 Å². The van der Waals surface area contributed by atoms with Crippen molar-refractivity contribution in [3.8, 4) is 0 Å². The van der Waals surface area contributed by atoms with Gasteiger partial charge >= 0.3 is 18.2 Å². The van der Waals surface area contributed by atoms with E-state index in [9.17, 15) is 14.4 Å². The van der Waals surface area contributed by atoms with E-state index in [4.69, 9.17) is 5.11 Å². The molecule has 1 aliphatic rings. The zero-order valence-corrected chi connectivity index (χ0v) is 10.8. The Balaban J connectivity index is 1.91. The molecular formula is C11H13N3O4S. The van der Waals surface area contributed by atoms with E-state index in [0.29, 0.717) is 22.7 Å². The van der Waals surface area contributed by atoms with Crippen LogP contribution in [0.4, 0.5) is 19.4 Å². The van der Waals surface area contributed by atoms with Crippen LogP contribution in [0.25, 0.3) is 0 Å². The molecule has 1 aromatic heterocycles. The summed E-state index contributed by atoms with van der Waals surface area (Å²) in [7, 11) is 0. The summed E-state index contributed by atoms with van der Waals surface area (Å²) in [5, 5.41) is 15.8. The number of carbonyl (C=O) groups is 3. The Morgan fingerprint density at radius 3 is 2.58 bits per heavy atom. The van der Waals surface area contributed by atoms with E-state index in [2.05, 4.69) is 5.32 Å². The van der Waals surface area contributed by atoms with Gasteiger partial charge in [0, 0.05) is 6.04 Å². The first-order chi connectivity index (χ1) is 9.08. The van der Waals surface area contributed by atoms with Gasteiger partial charge in [0.05, 0.1) is 5.00 Å². The summed E-state index contributed by atoms with van der Waals surface area (Å²) < 4.78 is 0. The highest BCUT2D eigenvalue weighted by molar-refractivity contribution is 7.14. The van der Waals surface area contributed by atoms with Gasteiger partial charge in [-0.05, 0) is 36.8 Å². The molecule has 0 aliphatic heterocycles. The number of carbonyl (C=O) groups excluding carboxylic acids is 2. The van der Waals surface area contributed by atoms with Crippen molar-refractivity contribution >= 4 is 34.5 Å². The number of hydrogen-bond donors (Lipinski definition) is 3. The Hall–Kier alpha value is -2.09. The molecule has 3 N–H and O–H groups in total. The third-order valence-electron chi connectivity index (χ3n) is 2.84. The van der Waals surface area contributed by atoms with E-state index in [1.807, 2.05) is 5.32 Å². The van der Waals surface area contributed by atoms with Gasteiger partial charge in [0.2, 0.25) is 0 Å². The molecule has 7 nitrogen and oxygen atoms in total. The van der Waals surface area contributed by atoms with Crippen LogP contribution in [0.15, 0.2) is 17.5 Å². The standard InChI is InChI=1S/C11H13N3O4S/c15-9(12-8-5-2-6-19-8)13-10(16)14(11(17)18)7-3-1-4-7/h2,5-7H,1,3-4H2,(H,17,18)(H2,12,13,15,16). The van der Waals surface area contributed by atoms with E-state index in [1.54, 1.807) is 17.5 Å². The third kappa shape index (κ3) is 3.22. The normalized spacial score (nSPS) is 14.3. The maximum Gasteiger partial charge on any atom is 0.415 e. The second kappa shape index (κ2) is 5.70. The van der Waals surface area contributed by atoms with Gasteiger partial charge in [0.25, 0.3) is 0 Å². The fraction of sp³-hybridized carbons (Fsp3) is 0.364. The monoisotopic (exact) mass is 283 g/mol. The Labute approximate surface area is 113 Å². The number of amides is 5. The van der Waals surface area contributed by atoms with Gasteiger partial charge in [-0.1, -0.05) is 0 Å². The lowest BCUT2D eigenvalue weighted by Crippen LogP contribution is -2.53. The molecule has 1 aliphatic carbocycles. The van der Waals surface area contributed by atoms with Crippen molar-refractivity contribution in [2.45, 2.75) is 25.3 Å². The van der Waals surface area contributed by atoms with Gasteiger partial charge in [-0.15, -0.1) is 11.3 Å². The summed E-state index contributed by atoms with van der Waals surface area (Å²) in [5.74, 6) is 0. The number of thiophene rings is 1. The van der Waals surface area contributed by atoms with Crippen molar-refractivity contribution in [2.75, 3.05) is 5.32 Å². The summed E-state index contributed by atoms with van der Waals surface area (Å²) in [6.07, 6.45) is 0.841. The SMILES string of the molecule is O=C(NC(=O)N(C(=O)O)C1CCC1)Nc1cccs1. The van der Waals surface area contributed by atoms with Gasteiger partial charge in [0.1, 0.15) is 0 Å². The first-order valence-corrected chi connectivity index (χ1v) is 6.63. The molecule has 1 heterocycles. The molecular weight excluding hydrogens is 270 g/mol. The second-order valence-corrected chi connectivity index (χ2v) is 5.05. The van der Waals surface area contributed by atoms with Crippen molar-refractivity contribution in [3.05, 3.63) is 17.5 Å². The topological polar surface area (TPSA) is 98.7 Å². The Morgan fingerprint density at radius 1 is 1.37 bits per heavy atom. The molecule has 8 heteroatoms. The largest absolute Gasteiger partial charge is 0.465 e. The number of carboxylic acid groups (broad SMARTS) is 1. The maximum absolute atomic E-state index is 11.7. The van der Waals surface area contributed by atoms with E-state index in [-0.39, 0.29) is 6.04 Å². The number of imide groups is 2. The van der Waals surface area contributed by atoms with Gasteiger partial charge in [-0.3, -0.25) is 10.6 Å². The molecule has 0 aromatic carbocycles. The Bertz CT molecular complexity index is 484. The summed E-state index contributed by atoms with van der Waals surface area (Å²) in [6, 6.07) is 1.45. The van der Waals surface area contributed by atoms with Crippen LogP contribution in [0.1, 0.15) is 19.3 Å².